The Morgan fingerprint density at radius 3 is 1.32 bits per heavy atom. The summed E-state index contributed by atoms with van der Waals surface area (Å²) in [6.45, 7) is 2.16. The highest BCUT2D eigenvalue weighted by atomic mass is 16.5. The smallest absolute Gasteiger partial charge is 0.134 e. The zero-order valence-electron chi connectivity index (χ0n) is 19.8. The Kier molecular flexibility index (Phi) is 6.05. The lowest BCUT2D eigenvalue weighted by Gasteiger charge is -2.15. The molecule has 6 aromatic rings. The van der Waals surface area contributed by atoms with Crippen molar-refractivity contribution in [1.82, 2.24) is 0 Å². The molecule has 0 aromatic heterocycles. The van der Waals surface area contributed by atoms with Crippen LogP contribution in [0.5, 0.6) is 11.5 Å². The molecule has 0 aliphatic heterocycles. The van der Waals surface area contributed by atoms with Gasteiger partial charge in [-0.15, -0.1) is 0 Å². The molecule has 0 saturated heterocycles. The molecule has 0 fully saturated rings. The highest BCUT2D eigenvalue weighted by molar-refractivity contribution is 6.11. The molecule has 0 atom stereocenters. The summed E-state index contributed by atoms with van der Waals surface area (Å²) in [7, 11) is 3.45. The molecule has 0 aliphatic carbocycles. The molecule has 0 spiro atoms. The summed E-state index contributed by atoms with van der Waals surface area (Å²) in [6, 6.07) is 36.1. The van der Waals surface area contributed by atoms with Crippen LogP contribution in [-0.2, 0) is 6.42 Å². The average molecular weight is 445 g/mol. The van der Waals surface area contributed by atoms with Crippen LogP contribution in [-0.4, -0.2) is 14.2 Å². The van der Waals surface area contributed by atoms with Crippen molar-refractivity contribution < 1.29 is 9.47 Å². The Balaban J connectivity index is 0.000000150. The normalized spacial score (nSPS) is 10.9. The van der Waals surface area contributed by atoms with Crippen LogP contribution in [0, 0.1) is 0 Å². The van der Waals surface area contributed by atoms with E-state index in [-0.39, 0.29) is 0 Å². The lowest BCUT2D eigenvalue weighted by Crippen LogP contribution is -1.93. The first-order valence-electron chi connectivity index (χ1n) is 11.7. The van der Waals surface area contributed by atoms with Crippen molar-refractivity contribution in [2.24, 2.45) is 0 Å². The van der Waals surface area contributed by atoms with Gasteiger partial charge in [0, 0.05) is 21.5 Å². The van der Waals surface area contributed by atoms with Gasteiger partial charge in [0.25, 0.3) is 0 Å². The Morgan fingerprint density at radius 2 is 0.882 bits per heavy atom. The first-order valence-corrected chi connectivity index (χ1v) is 11.7. The van der Waals surface area contributed by atoms with Gasteiger partial charge in [-0.2, -0.15) is 0 Å². The number of rotatable bonds is 3. The van der Waals surface area contributed by atoms with Crippen LogP contribution in [0.4, 0.5) is 0 Å². The van der Waals surface area contributed by atoms with Crippen molar-refractivity contribution >= 4 is 43.1 Å². The summed E-state index contributed by atoms with van der Waals surface area (Å²) in [5.74, 6) is 1.84. The van der Waals surface area contributed by atoms with E-state index in [1.54, 1.807) is 14.2 Å². The van der Waals surface area contributed by atoms with Crippen molar-refractivity contribution in [2.45, 2.75) is 13.3 Å². The van der Waals surface area contributed by atoms with E-state index in [0.29, 0.717) is 0 Å². The number of fused-ring (bicyclic) bond motifs is 4. The van der Waals surface area contributed by atoms with Crippen LogP contribution in [0.15, 0.2) is 103 Å². The van der Waals surface area contributed by atoms with Gasteiger partial charge < -0.3 is 9.47 Å². The molecule has 34 heavy (non-hydrogen) atoms. The van der Waals surface area contributed by atoms with Gasteiger partial charge in [0.05, 0.1) is 14.2 Å². The van der Waals surface area contributed by atoms with E-state index in [1.807, 2.05) is 12.1 Å². The molecule has 168 valence electrons. The van der Waals surface area contributed by atoms with Crippen LogP contribution < -0.4 is 9.47 Å². The molecular weight excluding hydrogens is 416 g/mol. The first-order chi connectivity index (χ1) is 16.7. The number of hydrogen-bond acceptors (Lipinski definition) is 2. The second kappa shape index (κ2) is 9.44. The maximum Gasteiger partial charge on any atom is 0.134 e. The van der Waals surface area contributed by atoms with Gasteiger partial charge in [-0.3, -0.25) is 0 Å². The molecule has 0 bridgehead atoms. The van der Waals surface area contributed by atoms with Gasteiger partial charge in [0.2, 0.25) is 0 Å². The van der Waals surface area contributed by atoms with Crippen molar-refractivity contribution in [3.8, 4) is 11.5 Å². The molecule has 0 N–H and O–H groups in total. The minimum absolute atomic E-state index is 0.916. The standard InChI is InChI=1S/C18H18O2.C14H10/c1-4-12-9-10-15-16(11-12)18(20-3)14-8-6-5-7-13(14)17(15)19-2;1-2-6-12-10-14-8-4-3-7-13(14)9-11(12)5-1/h5-11H,4H2,1-3H3;1-10H. The third-order valence-corrected chi connectivity index (χ3v) is 6.42. The van der Waals surface area contributed by atoms with Gasteiger partial charge in [-0.05, 0) is 51.7 Å². The lowest BCUT2D eigenvalue weighted by atomic mass is 9.98. The third-order valence-electron chi connectivity index (χ3n) is 6.42. The van der Waals surface area contributed by atoms with Gasteiger partial charge in [-0.1, -0.05) is 91.9 Å². The quantitative estimate of drug-likeness (QED) is 0.255. The van der Waals surface area contributed by atoms with Gasteiger partial charge in [-0.25, -0.2) is 0 Å². The lowest BCUT2D eigenvalue weighted by molar-refractivity contribution is 0.417. The van der Waals surface area contributed by atoms with Crippen LogP contribution in [0.1, 0.15) is 12.5 Å². The summed E-state index contributed by atoms with van der Waals surface area (Å²) in [4.78, 5) is 0. The van der Waals surface area contributed by atoms with Gasteiger partial charge in [0.15, 0.2) is 0 Å². The van der Waals surface area contributed by atoms with Gasteiger partial charge in [0.1, 0.15) is 11.5 Å². The van der Waals surface area contributed by atoms with Crippen molar-refractivity contribution in [3.63, 3.8) is 0 Å². The molecule has 6 aromatic carbocycles. The maximum atomic E-state index is 5.68. The molecule has 2 nitrogen and oxygen atoms in total. The maximum absolute atomic E-state index is 5.68. The van der Waals surface area contributed by atoms with E-state index in [0.717, 1.165) is 39.5 Å². The zero-order valence-corrected chi connectivity index (χ0v) is 19.8. The number of methoxy groups -OCH3 is 2. The summed E-state index contributed by atoms with van der Waals surface area (Å²) in [5.41, 5.74) is 1.30. The van der Waals surface area contributed by atoms with E-state index in [2.05, 4.69) is 97.9 Å². The zero-order chi connectivity index (χ0) is 23.5. The van der Waals surface area contributed by atoms with Crippen molar-refractivity contribution in [2.75, 3.05) is 14.2 Å². The molecule has 2 heteroatoms. The summed E-state index contributed by atoms with van der Waals surface area (Å²) in [6.07, 6.45) is 1.01. The third kappa shape index (κ3) is 3.92. The van der Waals surface area contributed by atoms with Crippen LogP contribution in [0.3, 0.4) is 0 Å². The monoisotopic (exact) mass is 444 g/mol. The van der Waals surface area contributed by atoms with Crippen LogP contribution in [0.2, 0.25) is 0 Å². The highest BCUT2D eigenvalue weighted by Crippen LogP contribution is 2.42. The Hall–Kier alpha value is -4.04. The summed E-state index contributed by atoms with van der Waals surface area (Å²) < 4.78 is 11.3. The Labute approximate surface area is 200 Å². The minimum atomic E-state index is 0.916. The average Bonchev–Trinajstić information content (AvgIpc) is 2.90. The SMILES string of the molecule is CCc1ccc2c(OC)c3ccccc3c(OC)c2c1.c1ccc2cc3ccccc3cc2c1. The fourth-order valence-corrected chi connectivity index (χ4v) is 4.69. The second-order valence-corrected chi connectivity index (χ2v) is 8.39. The van der Waals surface area contributed by atoms with Crippen LogP contribution >= 0.6 is 0 Å². The van der Waals surface area contributed by atoms with E-state index < -0.39 is 0 Å². The second-order valence-electron chi connectivity index (χ2n) is 8.39. The molecule has 0 amide bonds. The molecule has 0 radical (unpaired) electrons. The van der Waals surface area contributed by atoms with E-state index >= 15 is 0 Å². The molecule has 6 rings (SSSR count). The van der Waals surface area contributed by atoms with E-state index in [4.69, 9.17) is 9.47 Å². The molecule has 0 saturated carbocycles. The predicted molar refractivity (Wildman–Crippen MR) is 145 cm³/mol. The highest BCUT2D eigenvalue weighted by Gasteiger charge is 2.14. The summed E-state index contributed by atoms with van der Waals surface area (Å²) in [5, 5.41) is 9.63. The van der Waals surface area contributed by atoms with Crippen molar-refractivity contribution in [3.05, 3.63) is 109 Å². The minimum Gasteiger partial charge on any atom is -0.495 e. The Bertz CT molecular complexity index is 1510. The predicted octanol–water partition coefficient (Wildman–Crippen LogP) is 8.57. The molecule has 0 heterocycles. The fourth-order valence-electron chi connectivity index (χ4n) is 4.69. The fraction of sp³-hybridized carbons (Fsp3) is 0.125. The first kappa shape index (κ1) is 21.8. The van der Waals surface area contributed by atoms with Crippen LogP contribution in [0.25, 0.3) is 43.1 Å². The topological polar surface area (TPSA) is 18.5 Å². The van der Waals surface area contributed by atoms with Gasteiger partial charge >= 0.3 is 0 Å². The van der Waals surface area contributed by atoms with E-state index in [1.165, 1.54) is 27.1 Å². The molecule has 0 unspecified atom stereocenters. The number of ether oxygens (including phenoxy) is 2. The molecule has 0 aliphatic rings. The van der Waals surface area contributed by atoms with E-state index in [9.17, 15) is 0 Å². The Morgan fingerprint density at radius 1 is 0.471 bits per heavy atom. The van der Waals surface area contributed by atoms with Crippen molar-refractivity contribution in [1.29, 1.82) is 0 Å². The number of benzene rings is 6. The summed E-state index contributed by atoms with van der Waals surface area (Å²) >= 11 is 0. The molecular formula is C32H28O2. The largest absolute Gasteiger partial charge is 0.495 e. The number of hydrogen-bond donors (Lipinski definition) is 0. The number of aryl methyl sites for hydroxylation is 1.